The van der Waals surface area contributed by atoms with E-state index in [4.69, 9.17) is 10.5 Å². The fourth-order valence-electron chi connectivity index (χ4n) is 5.43. The Kier molecular flexibility index (Phi) is 7.43. The van der Waals surface area contributed by atoms with Gasteiger partial charge in [-0.3, -0.25) is 9.69 Å². The zero-order valence-electron chi connectivity index (χ0n) is 20.5. The third kappa shape index (κ3) is 5.49. The normalized spacial score (nSPS) is 18.6. The number of nitrogens with zero attached hydrogens (tertiary/aromatic N) is 2. The van der Waals surface area contributed by atoms with Crippen LogP contribution in [0.25, 0.3) is 22.0 Å². The van der Waals surface area contributed by atoms with E-state index in [1.807, 2.05) is 30.5 Å². The van der Waals surface area contributed by atoms with Crippen LogP contribution >= 0.6 is 0 Å². The second-order valence-electron chi connectivity index (χ2n) is 9.75. The molecular weight excluding hydrogens is 476 g/mol. The summed E-state index contributed by atoms with van der Waals surface area (Å²) >= 11 is 0. The fraction of sp³-hybridized carbons (Fsp3) is 0.444. The van der Waals surface area contributed by atoms with E-state index in [1.54, 1.807) is 4.31 Å². The molecule has 3 heterocycles. The number of primary amides is 1. The standard InChI is InChI=1S/C27H34N4O4S/c28-26(32)18-23-16-22(20-4-2-1-3-5-20)17-24-25(19-29-27(23)24)21-6-8-31(9-7-21)36(33,34)15-12-30-10-13-35-14-11-30/h1-5,16-17,19,21,29H,6-15,18H2,(H2,28,32). The van der Waals surface area contributed by atoms with Crippen LogP contribution in [0.2, 0.25) is 0 Å². The average Bonchev–Trinajstić information content (AvgIpc) is 3.33. The van der Waals surface area contributed by atoms with Crippen molar-refractivity contribution in [1.82, 2.24) is 14.2 Å². The Hall–Kier alpha value is -2.72. The maximum Gasteiger partial charge on any atom is 0.221 e. The zero-order valence-corrected chi connectivity index (χ0v) is 21.3. The van der Waals surface area contributed by atoms with Crippen molar-refractivity contribution in [2.75, 3.05) is 51.7 Å². The maximum atomic E-state index is 13.0. The zero-order chi connectivity index (χ0) is 25.1. The quantitative estimate of drug-likeness (QED) is 0.484. The molecule has 5 rings (SSSR count). The molecule has 2 aromatic carbocycles. The number of nitrogens with one attached hydrogen (secondary N) is 1. The van der Waals surface area contributed by atoms with E-state index in [9.17, 15) is 13.2 Å². The first kappa shape index (κ1) is 25.0. The third-order valence-electron chi connectivity index (χ3n) is 7.43. The molecule has 0 radical (unpaired) electrons. The molecule has 192 valence electrons. The van der Waals surface area contributed by atoms with Crippen molar-refractivity contribution in [1.29, 1.82) is 0 Å². The number of fused-ring (bicyclic) bond motifs is 1. The van der Waals surface area contributed by atoms with Crippen molar-refractivity contribution < 1.29 is 17.9 Å². The van der Waals surface area contributed by atoms with Crippen LogP contribution in [0.15, 0.2) is 48.7 Å². The first-order valence-corrected chi connectivity index (χ1v) is 14.3. The highest BCUT2D eigenvalue weighted by Crippen LogP contribution is 2.37. The molecule has 36 heavy (non-hydrogen) atoms. The Morgan fingerprint density at radius 1 is 1.03 bits per heavy atom. The lowest BCUT2D eigenvalue weighted by atomic mass is 9.88. The van der Waals surface area contributed by atoms with Crippen molar-refractivity contribution in [2.24, 2.45) is 5.73 Å². The number of aromatic nitrogens is 1. The van der Waals surface area contributed by atoms with Gasteiger partial charge in [0.05, 0.1) is 25.4 Å². The summed E-state index contributed by atoms with van der Waals surface area (Å²) in [7, 11) is -3.29. The van der Waals surface area contributed by atoms with Gasteiger partial charge in [-0.1, -0.05) is 30.3 Å². The summed E-state index contributed by atoms with van der Waals surface area (Å²) in [5, 5.41) is 1.08. The van der Waals surface area contributed by atoms with Crippen molar-refractivity contribution in [3.05, 3.63) is 59.8 Å². The number of benzene rings is 2. The number of morpholine rings is 1. The van der Waals surface area contributed by atoms with Gasteiger partial charge in [0.1, 0.15) is 0 Å². The molecule has 3 N–H and O–H groups in total. The maximum absolute atomic E-state index is 13.0. The van der Waals surface area contributed by atoms with Gasteiger partial charge in [-0.05, 0) is 53.1 Å². The summed E-state index contributed by atoms with van der Waals surface area (Å²) in [4.78, 5) is 17.3. The molecule has 0 spiro atoms. The predicted molar refractivity (Wildman–Crippen MR) is 141 cm³/mol. The highest BCUT2D eigenvalue weighted by atomic mass is 32.2. The van der Waals surface area contributed by atoms with Gasteiger partial charge in [-0.15, -0.1) is 0 Å². The molecule has 2 aliphatic rings. The van der Waals surface area contributed by atoms with Crippen LogP contribution in [0.5, 0.6) is 0 Å². The van der Waals surface area contributed by atoms with Gasteiger partial charge in [-0.2, -0.15) is 0 Å². The van der Waals surface area contributed by atoms with Gasteiger partial charge in [-0.25, -0.2) is 12.7 Å². The Bertz CT molecular complexity index is 1310. The SMILES string of the molecule is NC(=O)Cc1cc(-c2ccccc2)cc2c(C3CCN(S(=O)(=O)CCN4CCOCC4)CC3)c[nH]c12. The topological polar surface area (TPSA) is 109 Å². The number of H-pyrrole nitrogens is 1. The van der Waals surface area contributed by atoms with E-state index < -0.39 is 10.0 Å². The number of amides is 1. The molecule has 2 aliphatic heterocycles. The average molecular weight is 511 g/mol. The van der Waals surface area contributed by atoms with Gasteiger partial charge in [0, 0.05) is 49.8 Å². The van der Waals surface area contributed by atoms with Gasteiger partial charge in [0.2, 0.25) is 15.9 Å². The molecule has 1 aromatic heterocycles. The minimum Gasteiger partial charge on any atom is -0.379 e. The molecule has 8 nitrogen and oxygen atoms in total. The Labute approximate surface area is 212 Å². The van der Waals surface area contributed by atoms with Crippen molar-refractivity contribution in [3.8, 4) is 11.1 Å². The Morgan fingerprint density at radius 3 is 2.44 bits per heavy atom. The summed E-state index contributed by atoms with van der Waals surface area (Å²) in [5.74, 6) is 0.0342. The van der Waals surface area contributed by atoms with Gasteiger partial charge < -0.3 is 15.5 Å². The molecule has 3 aromatic rings. The van der Waals surface area contributed by atoms with Crippen molar-refractivity contribution in [3.63, 3.8) is 0 Å². The monoisotopic (exact) mass is 510 g/mol. The lowest BCUT2D eigenvalue weighted by Crippen LogP contribution is -2.44. The van der Waals surface area contributed by atoms with Crippen LogP contribution in [-0.2, 0) is 26.0 Å². The molecule has 2 fully saturated rings. The summed E-state index contributed by atoms with van der Waals surface area (Å²) in [5.41, 5.74) is 10.7. The highest BCUT2D eigenvalue weighted by Gasteiger charge is 2.30. The molecule has 0 bridgehead atoms. The number of aromatic amines is 1. The molecule has 0 atom stereocenters. The number of hydrogen-bond donors (Lipinski definition) is 2. The summed E-state index contributed by atoms with van der Waals surface area (Å²) in [6, 6.07) is 14.3. The highest BCUT2D eigenvalue weighted by molar-refractivity contribution is 7.89. The number of carbonyl (C=O) groups excluding carboxylic acids is 1. The van der Waals surface area contributed by atoms with Crippen LogP contribution in [0.4, 0.5) is 0 Å². The molecular formula is C27H34N4O4S. The number of carbonyl (C=O) groups is 1. The summed E-state index contributed by atoms with van der Waals surface area (Å²) in [6.07, 6.45) is 3.73. The Balaban J connectivity index is 1.33. The summed E-state index contributed by atoms with van der Waals surface area (Å²) in [6.45, 7) is 4.53. The fourth-order valence-corrected chi connectivity index (χ4v) is 6.95. The smallest absolute Gasteiger partial charge is 0.221 e. The lowest BCUT2D eigenvalue weighted by molar-refractivity contribution is -0.117. The van der Waals surface area contributed by atoms with Gasteiger partial charge >= 0.3 is 0 Å². The molecule has 2 saturated heterocycles. The van der Waals surface area contributed by atoms with E-state index in [0.717, 1.165) is 53.5 Å². The molecule has 0 saturated carbocycles. The molecule has 0 unspecified atom stereocenters. The number of hydrogen-bond acceptors (Lipinski definition) is 5. The molecule has 0 aliphatic carbocycles. The number of piperidine rings is 1. The number of rotatable bonds is 8. The number of nitrogens with two attached hydrogens (primary N) is 1. The second kappa shape index (κ2) is 10.7. The van der Waals surface area contributed by atoms with E-state index in [-0.39, 0.29) is 24.0 Å². The van der Waals surface area contributed by atoms with Crippen LogP contribution < -0.4 is 5.73 Å². The first-order chi connectivity index (χ1) is 17.4. The second-order valence-corrected chi connectivity index (χ2v) is 11.8. The third-order valence-corrected chi connectivity index (χ3v) is 9.28. The van der Waals surface area contributed by atoms with Crippen LogP contribution in [0, 0.1) is 0 Å². The van der Waals surface area contributed by atoms with Gasteiger partial charge in [0.15, 0.2) is 0 Å². The van der Waals surface area contributed by atoms with Crippen molar-refractivity contribution >= 4 is 26.8 Å². The lowest BCUT2D eigenvalue weighted by Gasteiger charge is -2.32. The molecule has 9 heteroatoms. The number of ether oxygens (including phenoxy) is 1. The van der Waals surface area contributed by atoms with E-state index in [1.165, 1.54) is 5.56 Å². The minimum atomic E-state index is -3.29. The van der Waals surface area contributed by atoms with E-state index >= 15 is 0 Å². The Morgan fingerprint density at radius 2 is 1.75 bits per heavy atom. The van der Waals surface area contributed by atoms with E-state index in [2.05, 4.69) is 28.1 Å². The summed E-state index contributed by atoms with van der Waals surface area (Å²) < 4.78 is 33.0. The van der Waals surface area contributed by atoms with Crippen LogP contribution in [-0.4, -0.2) is 80.2 Å². The number of sulfonamides is 1. The van der Waals surface area contributed by atoms with Crippen LogP contribution in [0.1, 0.15) is 29.9 Å². The van der Waals surface area contributed by atoms with Crippen LogP contribution in [0.3, 0.4) is 0 Å². The largest absolute Gasteiger partial charge is 0.379 e. The molecule has 1 amide bonds. The minimum absolute atomic E-state index is 0.154. The van der Waals surface area contributed by atoms with E-state index in [0.29, 0.717) is 32.8 Å². The predicted octanol–water partition coefficient (Wildman–Crippen LogP) is 2.70. The first-order valence-electron chi connectivity index (χ1n) is 12.7. The van der Waals surface area contributed by atoms with Gasteiger partial charge in [0.25, 0.3) is 0 Å². The van der Waals surface area contributed by atoms with Crippen molar-refractivity contribution in [2.45, 2.75) is 25.2 Å².